The Morgan fingerprint density at radius 3 is 3.04 bits per heavy atom. The minimum Gasteiger partial charge on any atom is -0.347 e. The first kappa shape index (κ1) is 18.1. The first-order chi connectivity index (χ1) is 12.6. The zero-order valence-corrected chi connectivity index (χ0v) is 15.5. The zero-order chi connectivity index (χ0) is 18.5. The van der Waals surface area contributed by atoms with Crippen molar-refractivity contribution in [1.82, 2.24) is 20.2 Å². The lowest BCUT2D eigenvalue weighted by Crippen LogP contribution is -2.32. The number of thiazole rings is 1. The normalized spacial score (nSPS) is 14.0. The van der Waals surface area contributed by atoms with Gasteiger partial charge in [-0.2, -0.15) is 0 Å². The van der Waals surface area contributed by atoms with Crippen LogP contribution in [0.2, 0.25) is 0 Å². The molecule has 0 spiro atoms. The number of urea groups is 1. The summed E-state index contributed by atoms with van der Waals surface area (Å²) in [6.45, 7) is 7.77. The maximum Gasteiger partial charge on any atom is 0.326 e. The first-order valence-electron chi connectivity index (χ1n) is 8.42. The van der Waals surface area contributed by atoms with Gasteiger partial charge in [0.25, 0.3) is 5.91 Å². The van der Waals surface area contributed by atoms with E-state index in [9.17, 15) is 9.59 Å². The van der Waals surface area contributed by atoms with E-state index in [-0.39, 0.29) is 11.9 Å². The average molecular weight is 371 g/mol. The molecule has 0 saturated carbocycles. The predicted molar refractivity (Wildman–Crippen MR) is 101 cm³/mol. The van der Waals surface area contributed by atoms with E-state index in [4.69, 9.17) is 0 Å². The Bertz CT molecular complexity index is 805. The van der Waals surface area contributed by atoms with Crippen molar-refractivity contribution in [3.8, 4) is 0 Å². The molecule has 2 aromatic heterocycles. The van der Waals surface area contributed by atoms with E-state index in [2.05, 4.69) is 21.9 Å². The van der Waals surface area contributed by atoms with Gasteiger partial charge >= 0.3 is 6.03 Å². The molecule has 2 aromatic rings. The Balaban J connectivity index is 1.66. The molecular formula is C18H21N5O2S. The number of nitrogens with one attached hydrogen (secondary N) is 1. The quantitative estimate of drug-likeness (QED) is 0.759. The smallest absolute Gasteiger partial charge is 0.326 e. The number of carbonyl (C=O) groups is 2. The van der Waals surface area contributed by atoms with Gasteiger partial charge in [0.1, 0.15) is 4.88 Å². The molecule has 0 atom stereocenters. The molecular weight excluding hydrogens is 350 g/mol. The molecule has 3 rings (SSSR count). The fraction of sp³-hybridized carbons (Fsp3) is 0.333. The Hall–Kier alpha value is -2.74. The number of carbonyl (C=O) groups excluding carboxylic acids is 2. The Kier molecular flexibility index (Phi) is 5.62. The van der Waals surface area contributed by atoms with E-state index < -0.39 is 0 Å². The van der Waals surface area contributed by atoms with Gasteiger partial charge in [-0.05, 0) is 25.0 Å². The summed E-state index contributed by atoms with van der Waals surface area (Å²) in [5, 5.41) is 3.44. The Morgan fingerprint density at radius 2 is 2.31 bits per heavy atom. The third-order valence-electron chi connectivity index (χ3n) is 4.10. The van der Waals surface area contributed by atoms with Crippen molar-refractivity contribution >= 4 is 28.4 Å². The van der Waals surface area contributed by atoms with E-state index in [1.54, 1.807) is 35.2 Å². The summed E-state index contributed by atoms with van der Waals surface area (Å²) in [7, 11) is 0. The minimum absolute atomic E-state index is 0.0667. The summed E-state index contributed by atoms with van der Waals surface area (Å²) in [5.41, 5.74) is 1.56. The topological polar surface area (TPSA) is 78.4 Å². The molecule has 1 aliphatic heterocycles. The molecule has 1 aliphatic rings. The summed E-state index contributed by atoms with van der Waals surface area (Å²) in [6, 6.07) is 3.66. The Labute approximate surface area is 156 Å². The van der Waals surface area contributed by atoms with Crippen LogP contribution in [0.25, 0.3) is 0 Å². The number of pyridine rings is 1. The van der Waals surface area contributed by atoms with Crippen LogP contribution in [0.15, 0.2) is 37.2 Å². The SMILES string of the molecule is C=CCCN1CCN(c2nc(C)c(C(=O)NCc3cccnc3)s2)C1=O. The van der Waals surface area contributed by atoms with Crippen LogP contribution in [0.1, 0.15) is 27.3 Å². The maximum absolute atomic E-state index is 12.5. The highest BCUT2D eigenvalue weighted by Crippen LogP contribution is 2.28. The van der Waals surface area contributed by atoms with Gasteiger partial charge < -0.3 is 10.2 Å². The van der Waals surface area contributed by atoms with Gasteiger partial charge in [-0.3, -0.25) is 14.7 Å². The van der Waals surface area contributed by atoms with Gasteiger partial charge in [0.2, 0.25) is 0 Å². The van der Waals surface area contributed by atoms with Crippen LogP contribution >= 0.6 is 11.3 Å². The second kappa shape index (κ2) is 8.09. The average Bonchev–Trinajstić information content (AvgIpc) is 3.21. The number of nitrogens with zero attached hydrogens (tertiary/aromatic N) is 4. The van der Waals surface area contributed by atoms with Crippen molar-refractivity contribution in [2.24, 2.45) is 0 Å². The third-order valence-corrected chi connectivity index (χ3v) is 5.28. The summed E-state index contributed by atoms with van der Waals surface area (Å²) in [5.74, 6) is -0.190. The van der Waals surface area contributed by atoms with Crippen molar-refractivity contribution in [3.63, 3.8) is 0 Å². The number of aryl methyl sites for hydroxylation is 1. The van der Waals surface area contributed by atoms with Crippen molar-refractivity contribution in [2.75, 3.05) is 24.5 Å². The molecule has 136 valence electrons. The number of amides is 3. The second-order valence-electron chi connectivity index (χ2n) is 5.95. The molecule has 26 heavy (non-hydrogen) atoms. The molecule has 0 aromatic carbocycles. The van der Waals surface area contributed by atoms with Gasteiger partial charge in [-0.1, -0.05) is 23.5 Å². The van der Waals surface area contributed by atoms with E-state index >= 15 is 0 Å². The van der Waals surface area contributed by atoms with E-state index in [1.807, 2.05) is 12.1 Å². The molecule has 3 heterocycles. The van der Waals surface area contributed by atoms with Gasteiger partial charge in [-0.25, -0.2) is 9.78 Å². The van der Waals surface area contributed by atoms with Crippen molar-refractivity contribution in [2.45, 2.75) is 19.9 Å². The fourth-order valence-corrected chi connectivity index (χ4v) is 3.69. The number of rotatable bonds is 7. The molecule has 8 heteroatoms. The van der Waals surface area contributed by atoms with Crippen LogP contribution in [0.3, 0.4) is 0 Å². The lowest BCUT2D eigenvalue weighted by molar-refractivity contribution is 0.0954. The highest BCUT2D eigenvalue weighted by atomic mass is 32.1. The maximum atomic E-state index is 12.5. The van der Waals surface area contributed by atoms with Crippen LogP contribution in [0.4, 0.5) is 9.93 Å². The predicted octanol–water partition coefficient (Wildman–Crippen LogP) is 2.59. The number of hydrogen-bond donors (Lipinski definition) is 1. The van der Waals surface area contributed by atoms with E-state index in [1.165, 1.54) is 11.3 Å². The molecule has 0 unspecified atom stereocenters. The van der Waals surface area contributed by atoms with Gasteiger partial charge in [0.05, 0.1) is 5.69 Å². The molecule has 7 nitrogen and oxygen atoms in total. The molecule has 1 N–H and O–H groups in total. The zero-order valence-electron chi connectivity index (χ0n) is 14.6. The molecule has 1 saturated heterocycles. The number of aromatic nitrogens is 2. The summed E-state index contributed by atoms with van der Waals surface area (Å²) in [4.78, 5) is 37.4. The molecule has 0 aliphatic carbocycles. The van der Waals surface area contributed by atoms with Crippen LogP contribution < -0.4 is 10.2 Å². The highest BCUT2D eigenvalue weighted by Gasteiger charge is 2.32. The molecule has 3 amide bonds. The number of hydrogen-bond acceptors (Lipinski definition) is 5. The summed E-state index contributed by atoms with van der Waals surface area (Å²) >= 11 is 1.25. The van der Waals surface area contributed by atoms with Crippen LogP contribution in [0.5, 0.6) is 0 Å². The number of anilines is 1. The molecule has 0 radical (unpaired) electrons. The summed E-state index contributed by atoms with van der Waals surface area (Å²) < 4.78 is 0. The first-order valence-corrected chi connectivity index (χ1v) is 9.23. The van der Waals surface area contributed by atoms with Crippen LogP contribution in [-0.4, -0.2) is 46.4 Å². The minimum atomic E-state index is -0.190. The van der Waals surface area contributed by atoms with Gasteiger partial charge in [-0.15, -0.1) is 6.58 Å². The highest BCUT2D eigenvalue weighted by molar-refractivity contribution is 7.17. The van der Waals surface area contributed by atoms with Crippen LogP contribution in [0, 0.1) is 6.92 Å². The summed E-state index contributed by atoms with van der Waals surface area (Å²) in [6.07, 6.45) is 5.97. The van der Waals surface area contributed by atoms with Gasteiger partial charge in [0.15, 0.2) is 5.13 Å². The van der Waals surface area contributed by atoms with Crippen molar-refractivity contribution < 1.29 is 9.59 Å². The van der Waals surface area contributed by atoms with Crippen LogP contribution in [-0.2, 0) is 6.54 Å². The fourth-order valence-electron chi connectivity index (χ4n) is 2.69. The lowest BCUT2D eigenvalue weighted by atomic mass is 10.3. The second-order valence-corrected chi connectivity index (χ2v) is 6.93. The largest absolute Gasteiger partial charge is 0.347 e. The van der Waals surface area contributed by atoms with Crippen molar-refractivity contribution in [3.05, 3.63) is 53.3 Å². The molecule has 1 fully saturated rings. The van der Waals surface area contributed by atoms with E-state index in [0.717, 1.165) is 12.0 Å². The van der Waals surface area contributed by atoms with E-state index in [0.29, 0.717) is 41.9 Å². The van der Waals surface area contributed by atoms with Crippen molar-refractivity contribution in [1.29, 1.82) is 0 Å². The third kappa shape index (κ3) is 3.91. The monoisotopic (exact) mass is 371 g/mol. The van der Waals surface area contributed by atoms with Gasteiger partial charge in [0, 0.05) is 38.6 Å². The standard InChI is InChI=1S/C18H21N5O2S/c1-3-4-8-22-9-10-23(18(22)25)17-21-13(2)15(26-17)16(24)20-12-14-6-5-7-19-11-14/h3,5-7,11H,1,4,8-10,12H2,2H3,(H,20,24). The Morgan fingerprint density at radius 1 is 1.46 bits per heavy atom. The molecule has 0 bridgehead atoms. The lowest BCUT2D eigenvalue weighted by Gasteiger charge is -2.15.